The van der Waals surface area contributed by atoms with Gasteiger partial charge in [-0.2, -0.15) is 4.80 Å². The minimum Gasteiger partial charge on any atom is -0.480 e. The van der Waals surface area contributed by atoms with Crippen LogP contribution in [0.1, 0.15) is 54.1 Å². The molecule has 1 fully saturated rings. The number of aliphatic carboxylic acids is 1. The number of tetrazole rings is 1. The van der Waals surface area contributed by atoms with Crippen molar-refractivity contribution in [1.29, 1.82) is 0 Å². The Bertz CT molecular complexity index is 1650. The summed E-state index contributed by atoms with van der Waals surface area (Å²) < 4.78 is 7.60. The fourth-order valence-electron chi connectivity index (χ4n) is 5.41. The molecule has 5 aromatic rings. The van der Waals surface area contributed by atoms with Crippen molar-refractivity contribution in [2.75, 3.05) is 0 Å². The van der Waals surface area contributed by atoms with Gasteiger partial charge in [0.05, 0.1) is 29.9 Å². The molecule has 204 valence electrons. The second-order valence-electron chi connectivity index (χ2n) is 10.2. The topological polar surface area (TPSA) is 141 Å². The SMILES string of the molecule is Cn1nnc(-c2ccc(C[C@H](NC(=O)c3ccc4c(c3)nc(-c3ccoc3)n4C3CCCCC3)C(=O)O)cc2)n1. The third-order valence-corrected chi connectivity index (χ3v) is 7.43. The Morgan fingerprint density at radius 2 is 1.88 bits per heavy atom. The molecule has 0 saturated heterocycles. The van der Waals surface area contributed by atoms with Crippen LogP contribution in [0.5, 0.6) is 0 Å². The molecule has 1 atom stereocenters. The van der Waals surface area contributed by atoms with Gasteiger partial charge in [-0.1, -0.05) is 43.5 Å². The third-order valence-electron chi connectivity index (χ3n) is 7.43. The summed E-state index contributed by atoms with van der Waals surface area (Å²) >= 11 is 0. The van der Waals surface area contributed by atoms with Crippen molar-refractivity contribution in [1.82, 2.24) is 35.1 Å². The molecule has 0 bridgehead atoms. The number of hydrogen-bond donors (Lipinski definition) is 2. The average Bonchev–Trinajstić information content (AvgIpc) is 3.73. The molecule has 1 saturated carbocycles. The van der Waals surface area contributed by atoms with Crippen LogP contribution in [0.4, 0.5) is 0 Å². The summed E-state index contributed by atoms with van der Waals surface area (Å²) in [5.74, 6) is -0.282. The van der Waals surface area contributed by atoms with E-state index in [9.17, 15) is 14.7 Å². The summed E-state index contributed by atoms with van der Waals surface area (Å²) in [5.41, 5.74) is 4.41. The summed E-state index contributed by atoms with van der Waals surface area (Å²) in [6.07, 6.45) is 9.18. The van der Waals surface area contributed by atoms with Crippen molar-refractivity contribution in [3.63, 3.8) is 0 Å². The molecule has 6 rings (SSSR count). The molecular formula is C29H29N7O4. The van der Waals surface area contributed by atoms with E-state index < -0.39 is 17.9 Å². The van der Waals surface area contributed by atoms with Gasteiger partial charge in [0.25, 0.3) is 5.91 Å². The van der Waals surface area contributed by atoms with E-state index in [0.29, 0.717) is 22.9 Å². The molecule has 1 aliphatic carbocycles. The van der Waals surface area contributed by atoms with Gasteiger partial charge in [-0.15, -0.1) is 10.2 Å². The van der Waals surface area contributed by atoms with Gasteiger partial charge in [-0.05, 0) is 47.9 Å². The zero-order valence-electron chi connectivity index (χ0n) is 22.0. The number of imidazole rings is 1. The standard InChI is InChI=1S/C29H29N7O4/c1-35-33-26(32-34-35)19-9-7-18(8-10-19)15-24(29(38)39)31-28(37)20-11-12-25-23(16-20)30-27(21-13-14-40-17-21)36(25)22-5-3-2-4-6-22/h7-14,16-17,22,24H,2-6,15H2,1H3,(H,31,37)(H,38,39)/t24-/m0/s1. The second kappa shape index (κ2) is 10.8. The Morgan fingerprint density at radius 3 is 2.55 bits per heavy atom. The fraction of sp³-hybridized carbons (Fsp3) is 0.310. The molecule has 0 radical (unpaired) electrons. The maximum atomic E-state index is 13.2. The Labute approximate surface area is 229 Å². The number of amides is 1. The van der Waals surface area contributed by atoms with Crippen LogP contribution in [0.3, 0.4) is 0 Å². The molecule has 0 spiro atoms. The summed E-state index contributed by atoms with van der Waals surface area (Å²) in [4.78, 5) is 31.5. The highest BCUT2D eigenvalue weighted by molar-refractivity contribution is 5.99. The maximum absolute atomic E-state index is 13.2. The molecule has 2 N–H and O–H groups in total. The summed E-state index contributed by atoms with van der Waals surface area (Å²) in [7, 11) is 1.68. The highest BCUT2D eigenvalue weighted by Crippen LogP contribution is 2.36. The number of benzene rings is 2. The Kier molecular flexibility index (Phi) is 6.85. The predicted octanol–water partition coefficient (Wildman–Crippen LogP) is 4.42. The maximum Gasteiger partial charge on any atom is 0.326 e. The van der Waals surface area contributed by atoms with E-state index in [1.807, 2.05) is 12.1 Å². The molecule has 1 amide bonds. The van der Waals surface area contributed by atoms with Gasteiger partial charge in [0, 0.05) is 23.6 Å². The zero-order valence-corrected chi connectivity index (χ0v) is 22.0. The lowest BCUT2D eigenvalue weighted by atomic mass is 9.95. The van der Waals surface area contributed by atoms with E-state index in [2.05, 4.69) is 25.3 Å². The van der Waals surface area contributed by atoms with Gasteiger partial charge < -0.3 is 19.4 Å². The van der Waals surface area contributed by atoms with Crippen LogP contribution in [0.2, 0.25) is 0 Å². The van der Waals surface area contributed by atoms with Crippen LogP contribution in [-0.2, 0) is 18.3 Å². The minimum absolute atomic E-state index is 0.123. The fourth-order valence-corrected chi connectivity index (χ4v) is 5.41. The lowest BCUT2D eigenvalue weighted by Gasteiger charge is -2.25. The van der Waals surface area contributed by atoms with Gasteiger partial charge in [-0.25, -0.2) is 9.78 Å². The van der Waals surface area contributed by atoms with Crippen LogP contribution in [0.15, 0.2) is 65.5 Å². The normalized spacial score (nSPS) is 14.8. The Morgan fingerprint density at radius 1 is 1.07 bits per heavy atom. The van der Waals surface area contributed by atoms with Crippen molar-refractivity contribution in [3.8, 4) is 22.8 Å². The minimum atomic E-state index is -1.11. The largest absolute Gasteiger partial charge is 0.480 e. The van der Waals surface area contributed by atoms with Crippen molar-refractivity contribution in [2.24, 2.45) is 7.05 Å². The van der Waals surface area contributed by atoms with Crippen molar-refractivity contribution >= 4 is 22.9 Å². The number of furan rings is 1. The van der Waals surface area contributed by atoms with Crippen LogP contribution in [0, 0.1) is 0 Å². The monoisotopic (exact) mass is 539 g/mol. The van der Waals surface area contributed by atoms with Crippen molar-refractivity contribution in [2.45, 2.75) is 50.6 Å². The Hall–Kier alpha value is -4.80. The number of hydrogen-bond acceptors (Lipinski definition) is 7. The number of carbonyl (C=O) groups is 2. The molecule has 0 aliphatic heterocycles. The molecule has 2 aromatic carbocycles. The number of aryl methyl sites for hydroxylation is 1. The number of rotatable bonds is 8. The zero-order chi connectivity index (χ0) is 27.6. The van der Waals surface area contributed by atoms with Gasteiger partial charge in [0.1, 0.15) is 18.1 Å². The number of nitrogens with zero attached hydrogens (tertiary/aromatic N) is 6. The van der Waals surface area contributed by atoms with E-state index in [4.69, 9.17) is 9.40 Å². The van der Waals surface area contributed by atoms with E-state index in [1.165, 1.54) is 24.1 Å². The first-order valence-corrected chi connectivity index (χ1v) is 13.4. The molecule has 1 aliphatic rings. The van der Waals surface area contributed by atoms with Crippen LogP contribution < -0.4 is 5.32 Å². The van der Waals surface area contributed by atoms with Gasteiger partial charge in [0.2, 0.25) is 5.82 Å². The van der Waals surface area contributed by atoms with E-state index in [0.717, 1.165) is 40.9 Å². The molecule has 0 unspecified atom stereocenters. The van der Waals surface area contributed by atoms with Gasteiger partial charge in [0.15, 0.2) is 0 Å². The first kappa shape index (κ1) is 25.5. The van der Waals surface area contributed by atoms with Crippen molar-refractivity contribution < 1.29 is 19.1 Å². The highest BCUT2D eigenvalue weighted by atomic mass is 16.4. The smallest absolute Gasteiger partial charge is 0.326 e. The lowest BCUT2D eigenvalue weighted by Crippen LogP contribution is -2.42. The van der Waals surface area contributed by atoms with Gasteiger partial charge >= 0.3 is 5.97 Å². The highest BCUT2D eigenvalue weighted by Gasteiger charge is 2.25. The number of nitrogens with one attached hydrogen (secondary N) is 1. The molecular weight excluding hydrogens is 510 g/mol. The Balaban J connectivity index is 1.23. The number of carbonyl (C=O) groups excluding carboxylic acids is 1. The molecule has 3 aromatic heterocycles. The van der Waals surface area contributed by atoms with E-state index in [1.54, 1.807) is 56.0 Å². The van der Waals surface area contributed by atoms with Crippen molar-refractivity contribution in [3.05, 3.63) is 72.2 Å². The van der Waals surface area contributed by atoms with Gasteiger partial charge in [-0.3, -0.25) is 4.79 Å². The second-order valence-corrected chi connectivity index (χ2v) is 10.2. The molecule has 3 heterocycles. The first-order valence-electron chi connectivity index (χ1n) is 13.4. The lowest BCUT2D eigenvalue weighted by molar-refractivity contribution is -0.139. The quantitative estimate of drug-likeness (QED) is 0.295. The number of aromatic nitrogens is 6. The van der Waals surface area contributed by atoms with Crippen LogP contribution >= 0.6 is 0 Å². The van der Waals surface area contributed by atoms with E-state index >= 15 is 0 Å². The first-order chi connectivity index (χ1) is 19.5. The third kappa shape index (κ3) is 5.09. The van der Waals surface area contributed by atoms with Crippen LogP contribution in [-0.4, -0.2) is 52.8 Å². The molecule has 11 nitrogen and oxygen atoms in total. The molecule has 40 heavy (non-hydrogen) atoms. The number of fused-ring (bicyclic) bond motifs is 1. The predicted molar refractivity (Wildman–Crippen MR) is 146 cm³/mol. The van der Waals surface area contributed by atoms with E-state index in [-0.39, 0.29) is 6.42 Å². The van der Waals surface area contributed by atoms with Crippen LogP contribution in [0.25, 0.3) is 33.8 Å². The average molecular weight is 540 g/mol. The summed E-state index contributed by atoms with van der Waals surface area (Å²) in [6.45, 7) is 0. The summed E-state index contributed by atoms with van der Waals surface area (Å²) in [5, 5.41) is 24.5. The number of carboxylic acids is 1. The molecule has 11 heteroatoms. The summed E-state index contributed by atoms with van der Waals surface area (Å²) in [6, 6.07) is 13.7. The number of carboxylic acid groups (broad SMARTS) is 1.